The lowest BCUT2D eigenvalue weighted by atomic mass is 10.3. The SMILES string of the molecule is CCOC(=O)c1nnsc1-n1cnc2ccccc21. The number of nitrogens with zero attached hydrogens (tertiary/aromatic N) is 4. The molecule has 2 heterocycles. The topological polar surface area (TPSA) is 69.9 Å². The minimum absolute atomic E-state index is 0.218. The van der Waals surface area contributed by atoms with Crippen LogP contribution in [0.25, 0.3) is 16.0 Å². The fourth-order valence-electron chi connectivity index (χ4n) is 1.79. The first kappa shape index (κ1) is 11.8. The van der Waals surface area contributed by atoms with E-state index in [2.05, 4.69) is 14.6 Å². The molecule has 2 aromatic heterocycles. The minimum atomic E-state index is -0.468. The third-order valence-corrected chi connectivity index (χ3v) is 3.34. The highest BCUT2D eigenvalue weighted by Gasteiger charge is 2.20. The first-order chi connectivity index (χ1) is 9.31. The molecule has 0 radical (unpaired) electrons. The molecular weight excluding hydrogens is 264 g/mol. The van der Waals surface area contributed by atoms with Crippen LogP contribution in [-0.4, -0.2) is 31.7 Å². The van der Waals surface area contributed by atoms with Gasteiger partial charge in [0.1, 0.15) is 6.33 Å². The number of hydrogen-bond donors (Lipinski definition) is 0. The quantitative estimate of drug-likeness (QED) is 0.684. The van der Waals surface area contributed by atoms with E-state index in [4.69, 9.17) is 4.74 Å². The van der Waals surface area contributed by atoms with Gasteiger partial charge in [-0.3, -0.25) is 4.57 Å². The number of ether oxygens (including phenoxy) is 1. The summed E-state index contributed by atoms with van der Waals surface area (Å²) in [5.74, 6) is -0.468. The predicted octanol–water partition coefficient (Wildman–Crippen LogP) is 2.05. The number of imidazole rings is 1. The van der Waals surface area contributed by atoms with Crippen LogP contribution in [0.2, 0.25) is 0 Å². The molecular formula is C12H10N4O2S. The van der Waals surface area contributed by atoms with E-state index in [1.807, 2.05) is 24.3 Å². The van der Waals surface area contributed by atoms with E-state index in [9.17, 15) is 4.79 Å². The number of hydrogen-bond acceptors (Lipinski definition) is 6. The molecule has 19 heavy (non-hydrogen) atoms. The van der Waals surface area contributed by atoms with Crippen molar-refractivity contribution in [1.29, 1.82) is 0 Å². The van der Waals surface area contributed by atoms with Crippen LogP contribution >= 0.6 is 11.5 Å². The van der Waals surface area contributed by atoms with Gasteiger partial charge in [0.15, 0.2) is 5.00 Å². The average molecular weight is 274 g/mol. The molecule has 0 aliphatic carbocycles. The van der Waals surface area contributed by atoms with Gasteiger partial charge in [0.2, 0.25) is 5.69 Å². The van der Waals surface area contributed by atoms with Crippen LogP contribution in [-0.2, 0) is 4.74 Å². The molecule has 3 aromatic rings. The molecule has 7 heteroatoms. The fourth-order valence-corrected chi connectivity index (χ4v) is 2.44. The van der Waals surface area contributed by atoms with Gasteiger partial charge in [-0.25, -0.2) is 9.78 Å². The van der Waals surface area contributed by atoms with Gasteiger partial charge >= 0.3 is 5.97 Å². The van der Waals surface area contributed by atoms with Gasteiger partial charge in [-0.05, 0) is 19.1 Å². The van der Waals surface area contributed by atoms with Crippen LogP contribution in [0.3, 0.4) is 0 Å². The summed E-state index contributed by atoms with van der Waals surface area (Å²) in [7, 11) is 0. The first-order valence-corrected chi connectivity index (χ1v) is 6.50. The molecule has 0 N–H and O–H groups in total. The smallest absolute Gasteiger partial charge is 0.362 e. The van der Waals surface area contributed by atoms with Crippen molar-refractivity contribution in [3.8, 4) is 5.00 Å². The number of fused-ring (bicyclic) bond motifs is 1. The van der Waals surface area contributed by atoms with E-state index in [1.165, 1.54) is 0 Å². The van der Waals surface area contributed by atoms with Gasteiger partial charge in [0.25, 0.3) is 0 Å². The van der Waals surface area contributed by atoms with Gasteiger partial charge < -0.3 is 4.74 Å². The first-order valence-electron chi connectivity index (χ1n) is 5.73. The number of carbonyl (C=O) groups excluding carboxylic acids is 1. The molecule has 0 aliphatic rings. The maximum Gasteiger partial charge on any atom is 0.362 e. The second-order valence-corrected chi connectivity index (χ2v) is 4.48. The summed E-state index contributed by atoms with van der Waals surface area (Å²) in [5, 5.41) is 4.46. The molecule has 96 valence electrons. The van der Waals surface area contributed by atoms with Crippen LogP contribution in [0.1, 0.15) is 17.4 Å². The van der Waals surface area contributed by atoms with Crippen LogP contribution in [0.15, 0.2) is 30.6 Å². The molecule has 0 atom stereocenters. The Balaban J connectivity index is 2.12. The van der Waals surface area contributed by atoms with E-state index in [1.54, 1.807) is 17.8 Å². The van der Waals surface area contributed by atoms with Crippen molar-refractivity contribution < 1.29 is 9.53 Å². The van der Waals surface area contributed by atoms with Gasteiger partial charge in [-0.2, -0.15) is 0 Å². The Labute approximate surface area is 112 Å². The summed E-state index contributed by atoms with van der Waals surface area (Å²) in [4.78, 5) is 16.1. The van der Waals surface area contributed by atoms with Gasteiger partial charge in [0, 0.05) is 11.5 Å². The van der Waals surface area contributed by atoms with Crippen LogP contribution in [0, 0.1) is 0 Å². The molecule has 0 spiro atoms. The van der Waals surface area contributed by atoms with Crippen molar-refractivity contribution in [3.63, 3.8) is 0 Å². The van der Waals surface area contributed by atoms with Crippen LogP contribution < -0.4 is 0 Å². The van der Waals surface area contributed by atoms with Gasteiger partial charge in [-0.15, -0.1) is 5.10 Å². The molecule has 0 aliphatic heterocycles. The fraction of sp³-hybridized carbons (Fsp3) is 0.167. The zero-order valence-corrected chi connectivity index (χ0v) is 10.9. The lowest BCUT2D eigenvalue weighted by molar-refractivity contribution is 0.0519. The molecule has 0 bridgehead atoms. The maximum atomic E-state index is 11.8. The molecule has 0 unspecified atom stereocenters. The standard InChI is InChI=1S/C12H10N4O2S/c1-2-18-12(17)10-11(19-15-14-10)16-7-13-8-5-3-4-6-9(8)16/h3-7H,2H2,1H3. The van der Waals surface area contributed by atoms with E-state index >= 15 is 0 Å². The number of para-hydroxylation sites is 2. The Kier molecular flexibility index (Phi) is 2.96. The van der Waals surface area contributed by atoms with Crippen molar-refractivity contribution in [2.75, 3.05) is 6.61 Å². The summed E-state index contributed by atoms with van der Waals surface area (Å²) < 4.78 is 10.6. The average Bonchev–Trinajstić information content (AvgIpc) is 3.05. The van der Waals surface area contributed by atoms with Gasteiger partial charge in [0.05, 0.1) is 17.6 Å². The Morgan fingerprint density at radius 2 is 2.26 bits per heavy atom. The highest BCUT2D eigenvalue weighted by molar-refractivity contribution is 7.08. The summed E-state index contributed by atoms with van der Waals surface area (Å²) in [6, 6.07) is 7.66. The Morgan fingerprint density at radius 1 is 1.42 bits per heavy atom. The van der Waals surface area contributed by atoms with Crippen molar-refractivity contribution in [3.05, 3.63) is 36.3 Å². The van der Waals surface area contributed by atoms with Gasteiger partial charge in [-0.1, -0.05) is 16.6 Å². The Bertz CT molecular complexity index is 734. The normalized spacial score (nSPS) is 10.8. The molecule has 0 fully saturated rings. The summed E-state index contributed by atoms with van der Waals surface area (Å²) in [6.45, 7) is 2.06. The number of carbonyl (C=O) groups is 1. The molecule has 0 saturated heterocycles. The van der Waals surface area contributed by atoms with Crippen LogP contribution in [0.5, 0.6) is 0 Å². The maximum absolute atomic E-state index is 11.8. The van der Waals surface area contributed by atoms with E-state index in [0.29, 0.717) is 11.6 Å². The highest BCUT2D eigenvalue weighted by Crippen LogP contribution is 2.23. The highest BCUT2D eigenvalue weighted by atomic mass is 32.1. The van der Waals surface area contributed by atoms with E-state index < -0.39 is 5.97 Å². The van der Waals surface area contributed by atoms with E-state index in [-0.39, 0.29) is 5.69 Å². The monoisotopic (exact) mass is 274 g/mol. The van der Waals surface area contributed by atoms with Crippen LogP contribution in [0.4, 0.5) is 0 Å². The second kappa shape index (κ2) is 4.77. The molecule has 6 nitrogen and oxygen atoms in total. The largest absolute Gasteiger partial charge is 0.461 e. The zero-order chi connectivity index (χ0) is 13.2. The minimum Gasteiger partial charge on any atom is -0.461 e. The van der Waals surface area contributed by atoms with Crippen molar-refractivity contribution in [1.82, 2.24) is 19.1 Å². The lowest BCUT2D eigenvalue weighted by Gasteiger charge is -2.02. The summed E-state index contributed by atoms with van der Waals surface area (Å²) in [6.07, 6.45) is 1.66. The molecule has 1 aromatic carbocycles. The second-order valence-electron chi connectivity index (χ2n) is 3.75. The molecule has 0 amide bonds. The number of benzene rings is 1. The number of rotatable bonds is 3. The predicted molar refractivity (Wildman–Crippen MR) is 70.5 cm³/mol. The number of aromatic nitrogens is 4. The third-order valence-electron chi connectivity index (χ3n) is 2.61. The van der Waals surface area contributed by atoms with Crippen molar-refractivity contribution in [2.24, 2.45) is 0 Å². The van der Waals surface area contributed by atoms with E-state index in [0.717, 1.165) is 22.6 Å². The summed E-state index contributed by atoms with van der Waals surface area (Å²) in [5.41, 5.74) is 1.97. The summed E-state index contributed by atoms with van der Waals surface area (Å²) >= 11 is 1.14. The van der Waals surface area contributed by atoms with Crippen molar-refractivity contribution in [2.45, 2.75) is 6.92 Å². The lowest BCUT2D eigenvalue weighted by Crippen LogP contribution is -2.08. The zero-order valence-electron chi connectivity index (χ0n) is 10.1. The third kappa shape index (κ3) is 1.97. The Morgan fingerprint density at radius 3 is 3.11 bits per heavy atom. The molecule has 0 saturated carbocycles. The number of esters is 1. The molecule has 3 rings (SSSR count). The Hall–Kier alpha value is -2.28. The van der Waals surface area contributed by atoms with Crippen molar-refractivity contribution >= 4 is 28.5 Å².